The van der Waals surface area contributed by atoms with Gasteiger partial charge in [0.1, 0.15) is 0 Å². The highest BCUT2D eigenvalue weighted by atomic mass is 35.5. The fourth-order valence-corrected chi connectivity index (χ4v) is 1.16. The first-order valence-corrected chi connectivity index (χ1v) is 4.62. The average molecular weight is 212 g/mol. The van der Waals surface area contributed by atoms with E-state index in [0.717, 1.165) is 5.56 Å². The van der Waals surface area contributed by atoms with Crippen molar-refractivity contribution in [2.45, 2.75) is 13.3 Å². The standard InChI is InChI=1S/C10H10ClNO2/c1-2-10(12(13)14)7-8-3-5-9(11)6-4-8/h3-7H,2H2,1H3. The molecule has 0 aromatic heterocycles. The first-order valence-electron chi connectivity index (χ1n) is 4.24. The summed E-state index contributed by atoms with van der Waals surface area (Å²) >= 11 is 5.69. The number of nitro groups is 1. The molecule has 0 saturated heterocycles. The lowest BCUT2D eigenvalue weighted by molar-refractivity contribution is -0.425. The summed E-state index contributed by atoms with van der Waals surface area (Å²) in [5.74, 6) is 0. The van der Waals surface area contributed by atoms with E-state index in [1.54, 1.807) is 37.3 Å². The Morgan fingerprint density at radius 1 is 1.50 bits per heavy atom. The maximum Gasteiger partial charge on any atom is 0.246 e. The summed E-state index contributed by atoms with van der Waals surface area (Å²) in [6, 6.07) is 6.92. The topological polar surface area (TPSA) is 43.1 Å². The van der Waals surface area contributed by atoms with Crippen LogP contribution in [0, 0.1) is 10.1 Å². The molecule has 1 rings (SSSR count). The number of benzene rings is 1. The van der Waals surface area contributed by atoms with E-state index in [1.807, 2.05) is 0 Å². The van der Waals surface area contributed by atoms with Crippen LogP contribution < -0.4 is 0 Å². The van der Waals surface area contributed by atoms with E-state index in [9.17, 15) is 10.1 Å². The molecule has 0 saturated carbocycles. The van der Waals surface area contributed by atoms with Gasteiger partial charge in [-0.3, -0.25) is 10.1 Å². The van der Waals surface area contributed by atoms with Gasteiger partial charge in [0.2, 0.25) is 5.70 Å². The number of halogens is 1. The van der Waals surface area contributed by atoms with Gasteiger partial charge in [0.15, 0.2) is 0 Å². The molecule has 14 heavy (non-hydrogen) atoms. The first kappa shape index (κ1) is 10.7. The van der Waals surface area contributed by atoms with E-state index in [4.69, 9.17) is 11.6 Å². The van der Waals surface area contributed by atoms with Gasteiger partial charge in [-0.15, -0.1) is 0 Å². The quantitative estimate of drug-likeness (QED) is 0.568. The van der Waals surface area contributed by atoms with Crippen molar-refractivity contribution in [2.24, 2.45) is 0 Å². The molecule has 0 aliphatic rings. The van der Waals surface area contributed by atoms with E-state index in [1.165, 1.54) is 0 Å². The van der Waals surface area contributed by atoms with E-state index in [0.29, 0.717) is 11.4 Å². The molecular weight excluding hydrogens is 202 g/mol. The summed E-state index contributed by atoms with van der Waals surface area (Å²) < 4.78 is 0. The first-order chi connectivity index (χ1) is 6.63. The third kappa shape index (κ3) is 2.85. The molecule has 0 bridgehead atoms. The van der Waals surface area contributed by atoms with Gasteiger partial charge in [0, 0.05) is 17.5 Å². The molecule has 0 atom stereocenters. The van der Waals surface area contributed by atoms with Crippen LogP contribution in [0.1, 0.15) is 18.9 Å². The highest BCUT2D eigenvalue weighted by Crippen LogP contribution is 2.13. The lowest BCUT2D eigenvalue weighted by Crippen LogP contribution is -1.96. The summed E-state index contributed by atoms with van der Waals surface area (Å²) in [6.45, 7) is 1.75. The zero-order valence-electron chi connectivity index (χ0n) is 7.74. The second-order valence-corrected chi connectivity index (χ2v) is 3.23. The van der Waals surface area contributed by atoms with Gasteiger partial charge in [-0.05, 0) is 17.7 Å². The van der Waals surface area contributed by atoms with Gasteiger partial charge < -0.3 is 0 Å². The number of rotatable bonds is 3. The molecule has 1 aromatic carbocycles. The highest BCUT2D eigenvalue weighted by Gasteiger charge is 2.06. The Labute approximate surface area is 87.2 Å². The Hall–Kier alpha value is -1.35. The van der Waals surface area contributed by atoms with E-state index in [-0.39, 0.29) is 10.6 Å². The van der Waals surface area contributed by atoms with Crippen molar-refractivity contribution in [3.63, 3.8) is 0 Å². The van der Waals surface area contributed by atoms with Gasteiger partial charge >= 0.3 is 0 Å². The average Bonchev–Trinajstić information content (AvgIpc) is 2.16. The van der Waals surface area contributed by atoms with Crippen molar-refractivity contribution < 1.29 is 4.92 Å². The number of allylic oxidation sites excluding steroid dienone is 1. The Morgan fingerprint density at radius 3 is 2.50 bits per heavy atom. The smallest absolute Gasteiger partial charge is 0.246 e. The van der Waals surface area contributed by atoms with Crippen LogP contribution in [0.3, 0.4) is 0 Å². The summed E-state index contributed by atoms with van der Waals surface area (Å²) in [6.07, 6.45) is 1.96. The molecule has 0 aliphatic carbocycles. The molecule has 0 N–H and O–H groups in total. The largest absolute Gasteiger partial charge is 0.259 e. The fourth-order valence-electron chi connectivity index (χ4n) is 1.04. The molecule has 3 nitrogen and oxygen atoms in total. The monoisotopic (exact) mass is 211 g/mol. The normalized spacial score (nSPS) is 11.4. The van der Waals surface area contributed by atoms with E-state index >= 15 is 0 Å². The van der Waals surface area contributed by atoms with Gasteiger partial charge in [0.05, 0.1) is 4.92 Å². The fraction of sp³-hybridized carbons (Fsp3) is 0.200. The van der Waals surface area contributed by atoms with Crippen LogP contribution in [0.25, 0.3) is 6.08 Å². The molecule has 0 spiro atoms. The van der Waals surface area contributed by atoms with Crippen LogP contribution in [0.4, 0.5) is 0 Å². The minimum absolute atomic E-state index is 0.201. The van der Waals surface area contributed by atoms with Crippen LogP contribution in [-0.4, -0.2) is 4.92 Å². The third-order valence-corrected chi connectivity index (χ3v) is 2.05. The second kappa shape index (κ2) is 4.77. The molecule has 0 amide bonds. The molecule has 0 heterocycles. The zero-order chi connectivity index (χ0) is 10.6. The number of nitrogens with zero attached hydrogens (tertiary/aromatic N) is 1. The summed E-state index contributed by atoms with van der Waals surface area (Å²) in [5.41, 5.74) is 0.996. The molecule has 0 unspecified atom stereocenters. The summed E-state index contributed by atoms with van der Waals surface area (Å²) in [7, 11) is 0. The summed E-state index contributed by atoms with van der Waals surface area (Å²) in [5, 5.41) is 11.1. The van der Waals surface area contributed by atoms with Gasteiger partial charge in [-0.25, -0.2) is 0 Å². The minimum Gasteiger partial charge on any atom is -0.259 e. The molecule has 74 valence electrons. The van der Waals surface area contributed by atoms with Crippen molar-refractivity contribution >= 4 is 17.7 Å². The highest BCUT2D eigenvalue weighted by molar-refractivity contribution is 6.30. The van der Waals surface area contributed by atoms with Gasteiger partial charge in [0.25, 0.3) is 0 Å². The van der Waals surface area contributed by atoms with Gasteiger partial charge in [-0.2, -0.15) is 0 Å². The van der Waals surface area contributed by atoms with Crippen LogP contribution in [-0.2, 0) is 0 Å². The second-order valence-electron chi connectivity index (χ2n) is 2.80. The molecular formula is C10H10ClNO2. The predicted molar refractivity (Wildman–Crippen MR) is 56.7 cm³/mol. The molecule has 4 heteroatoms. The SMILES string of the molecule is CCC(=Cc1ccc(Cl)cc1)[N+](=O)[O-]. The van der Waals surface area contributed by atoms with Crippen LogP contribution in [0.5, 0.6) is 0 Å². The number of hydrogen-bond donors (Lipinski definition) is 0. The third-order valence-electron chi connectivity index (χ3n) is 1.80. The lowest BCUT2D eigenvalue weighted by Gasteiger charge is -1.95. The molecule has 0 aliphatic heterocycles. The van der Waals surface area contributed by atoms with Gasteiger partial charge in [-0.1, -0.05) is 30.7 Å². The van der Waals surface area contributed by atoms with Crippen molar-refractivity contribution in [1.82, 2.24) is 0 Å². The van der Waals surface area contributed by atoms with Crippen LogP contribution in [0.15, 0.2) is 30.0 Å². The number of hydrogen-bond acceptors (Lipinski definition) is 2. The van der Waals surface area contributed by atoms with Crippen LogP contribution in [0.2, 0.25) is 5.02 Å². The van der Waals surface area contributed by atoms with E-state index in [2.05, 4.69) is 0 Å². The summed E-state index contributed by atoms with van der Waals surface area (Å²) in [4.78, 5) is 10.1. The zero-order valence-corrected chi connectivity index (χ0v) is 8.49. The maximum absolute atomic E-state index is 10.5. The lowest BCUT2D eigenvalue weighted by atomic mass is 10.2. The Kier molecular flexibility index (Phi) is 3.65. The van der Waals surface area contributed by atoms with E-state index < -0.39 is 0 Å². The Balaban J connectivity index is 2.95. The Morgan fingerprint density at radius 2 is 2.07 bits per heavy atom. The Bertz CT molecular complexity index is 357. The van der Waals surface area contributed by atoms with Crippen molar-refractivity contribution in [1.29, 1.82) is 0 Å². The molecule has 1 aromatic rings. The predicted octanol–water partition coefficient (Wildman–Crippen LogP) is 3.37. The van der Waals surface area contributed by atoms with Crippen molar-refractivity contribution in [3.05, 3.63) is 50.7 Å². The minimum atomic E-state index is -0.366. The van der Waals surface area contributed by atoms with Crippen molar-refractivity contribution in [2.75, 3.05) is 0 Å². The molecule has 0 fully saturated rings. The van der Waals surface area contributed by atoms with Crippen molar-refractivity contribution in [3.8, 4) is 0 Å². The van der Waals surface area contributed by atoms with Crippen LogP contribution >= 0.6 is 11.6 Å². The maximum atomic E-state index is 10.5. The molecule has 0 radical (unpaired) electrons.